The number of nitrogen functional groups attached to an aromatic ring is 1. The predicted molar refractivity (Wildman–Crippen MR) is 101 cm³/mol. The third kappa shape index (κ3) is 2.96. The van der Waals surface area contributed by atoms with Gasteiger partial charge in [0, 0.05) is 11.1 Å². The van der Waals surface area contributed by atoms with Crippen LogP contribution in [-0.4, -0.2) is 0 Å². The number of rotatable bonds is 2. The largest absolute Gasteiger partial charge is 0.397 e. The van der Waals surface area contributed by atoms with E-state index >= 15 is 0 Å². The van der Waals surface area contributed by atoms with Crippen LogP contribution in [0, 0.1) is 36.5 Å². The van der Waals surface area contributed by atoms with Gasteiger partial charge in [-0.3, -0.25) is 0 Å². The number of benzene rings is 3. The van der Waals surface area contributed by atoms with Crippen LogP contribution in [0.3, 0.4) is 0 Å². The molecule has 0 aliphatic rings. The third-order valence-electron chi connectivity index (χ3n) is 4.31. The summed E-state index contributed by atoms with van der Waals surface area (Å²) in [5.74, 6) is 0. The maximum Gasteiger partial charge on any atom is 0.102 e. The molecule has 0 fully saturated rings. The lowest BCUT2D eigenvalue weighted by molar-refractivity contribution is 1.42. The molecular weight excluding hydrogens is 306 g/mol. The topological polar surface area (TPSA) is 73.6 Å². The second-order valence-electron chi connectivity index (χ2n) is 6.09. The fraction of sp³-hybridized carbons (Fsp3) is 0.0909. The van der Waals surface area contributed by atoms with Crippen LogP contribution in [0.2, 0.25) is 0 Å². The van der Waals surface area contributed by atoms with Crippen LogP contribution in [-0.2, 0) is 0 Å². The van der Waals surface area contributed by atoms with E-state index in [0.29, 0.717) is 11.1 Å². The van der Waals surface area contributed by atoms with Crippen molar-refractivity contribution in [1.82, 2.24) is 0 Å². The van der Waals surface area contributed by atoms with Crippen molar-refractivity contribution in [3.63, 3.8) is 0 Å². The highest BCUT2D eigenvalue weighted by molar-refractivity contribution is 5.89. The summed E-state index contributed by atoms with van der Waals surface area (Å²) in [6.45, 7) is 4.03. The molecule has 25 heavy (non-hydrogen) atoms. The molecule has 0 radical (unpaired) electrons. The van der Waals surface area contributed by atoms with Crippen LogP contribution in [0.1, 0.15) is 22.3 Å². The minimum Gasteiger partial charge on any atom is -0.397 e. The van der Waals surface area contributed by atoms with Crippen molar-refractivity contribution < 1.29 is 0 Å². The number of hydrogen-bond acceptors (Lipinski definition) is 3. The van der Waals surface area contributed by atoms with Crippen molar-refractivity contribution in [3.05, 3.63) is 76.9 Å². The Balaban J connectivity index is 2.33. The molecule has 3 aromatic carbocycles. The summed E-state index contributed by atoms with van der Waals surface area (Å²) >= 11 is 0. The summed E-state index contributed by atoms with van der Waals surface area (Å²) < 4.78 is 0. The SMILES string of the molecule is Cc1ccc(-c2cc(-c3ccc(C)cc3)c(C#N)c(N)c2C#N)cc1. The van der Waals surface area contributed by atoms with Gasteiger partial charge < -0.3 is 5.73 Å². The van der Waals surface area contributed by atoms with Gasteiger partial charge in [-0.2, -0.15) is 10.5 Å². The molecule has 0 spiro atoms. The van der Waals surface area contributed by atoms with E-state index < -0.39 is 0 Å². The molecule has 3 aromatic rings. The van der Waals surface area contributed by atoms with Crippen LogP contribution in [0.15, 0.2) is 54.6 Å². The zero-order valence-electron chi connectivity index (χ0n) is 14.2. The molecule has 0 aliphatic heterocycles. The lowest BCUT2D eigenvalue weighted by Crippen LogP contribution is -2.00. The Hall–Kier alpha value is -3.56. The minimum absolute atomic E-state index is 0.235. The van der Waals surface area contributed by atoms with E-state index in [1.807, 2.05) is 68.4 Å². The molecule has 0 saturated heterocycles. The molecule has 3 nitrogen and oxygen atoms in total. The summed E-state index contributed by atoms with van der Waals surface area (Å²) in [6.07, 6.45) is 0. The quantitative estimate of drug-likeness (QED) is 0.677. The minimum atomic E-state index is 0.235. The third-order valence-corrected chi connectivity index (χ3v) is 4.31. The first-order valence-corrected chi connectivity index (χ1v) is 7.96. The fourth-order valence-electron chi connectivity index (χ4n) is 2.87. The Morgan fingerprint density at radius 2 is 1.04 bits per heavy atom. The summed E-state index contributed by atoms with van der Waals surface area (Å²) in [5, 5.41) is 19.2. The van der Waals surface area contributed by atoms with E-state index in [1.165, 1.54) is 0 Å². The van der Waals surface area contributed by atoms with Gasteiger partial charge in [0.05, 0.1) is 16.8 Å². The second-order valence-corrected chi connectivity index (χ2v) is 6.09. The van der Waals surface area contributed by atoms with Gasteiger partial charge in [-0.05, 0) is 31.0 Å². The maximum atomic E-state index is 9.59. The van der Waals surface area contributed by atoms with Gasteiger partial charge in [-0.15, -0.1) is 0 Å². The lowest BCUT2D eigenvalue weighted by atomic mass is 9.89. The molecule has 0 aromatic heterocycles. The zero-order chi connectivity index (χ0) is 18.0. The molecule has 120 valence electrons. The highest BCUT2D eigenvalue weighted by atomic mass is 14.6. The van der Waals surface area contributed by atoms with Crippen molar-refractivity contribution in [3.8, 4) is 34.4 Å². The molecule has 0 bridgehead atoms. The molecule has 0 atom stereocenters. The standard InChI is InChI=1S/C22H17N3/c1-14-3-7-16(8-4-14)18-11-19(17-9-5-15(2)6-10-17)21(13-24)22(25)20(18)12-23/h3-11H,25H2,1-2H3. The molecule has 0 amide bonds. The molecule has 0 saturated carbocycles. The highest BCUT2D eigenvalue weighted by Crippen LogP contribution is 2.37. The normalized spacial score (nSPS) is 10.1. The number of nitrogens with two attached hydrogens (primary N) is 1. The van der Waals surface area contributed by atoms with E-state index in [2.05, 4.69) is 12.1 Å². The first kappa shape index (κ1) is 16.3. The van der Waals surface area contributed by atoms with Gasteiger partial charge in [0.25, 0.3) is 0 Å². The van der Waals surface area contributed by atoms with E-state index in [0.717, 1.165) is 33.4 Å². The lowest BCUT2D eigenvalue weighted by Gasteiger charge is -2.14. The fourth-order valence-corrected chi connectivity index (χ4v) is 2.87. The van der Waals surface area contributed by atoms with Crippen molar-refractivity contribution >= 4 is 5.69 Å². The van der Waals surface area contributed by atoms with Crippen LogP contribution in [0.5, 0.6) is 0 Å². The molecule has 3 heteroatoms. The van der Waals surface area contributed by atoms with E-state index in [9.17, 15) is 10.5 Å². The van der Waals surface area contributed by atoms with Gasteiger partial charge >= 0.3 is 0 Å². The van der Waals surface area contributed by atoms with Gasteiger partial charge in [0.15, 0.2) is 0 Å². The summed E-state index contributed by atoms with van der Waals surface area (Å²) in [6, 6.07) is 22.1. The molecule has 0 unspecified atom stereocenters. The van der Waals surface area contributed by atoms with E-state index in [4.69, 9.17) is 5.73 Å². The Kier molecular flexibility index (Phi) is 4.25. The van der Waals surface area contributed by atoms with Gasteiger partial charge in [0.1, 0.15) is 12.1 Å². The highest BCUT2D eigenvalue weighted by Gasteiger charge is 2.18. The van der Waals surface area contributed by atoms with Gasteiger partial charge in [0.2, 0.25) is 0 Å². The maximum absolute atomic E-state index is 9.59. The number of nitriles is 2. The zero-order valence-corrected chi connectivity index (χ0v) is 14.2. The van der Waals surface area contributed by atoms with Gasteiger partial charge in [-0.1, -0.05) is 59.7 Å². The number of nitrogens with zero attached hydrogens (tertiary/aromatic N) is 2. The first-order chi connectivity index (χ1) is 12.0. The summed E-state index contributed by atoms with van der Waals surface area (Å²) in [7, 11) is 0. The average Bonchev–Trinajstić information content (AvgIpc) is 2.62. The number of aryl methyl sites for hydroxylation is 2. The molecular formula is C22H17N3. The van der Waals surface area contributed by atoms with Crippen molar-refractivity contribution in [2.24, 2.45) is 0 Å². The number of hydrogen-bond donors (Lipinski definition) is 1. The van der Waals surface area contributed by atoms with Gasteiger partial charge in [-0.25, -0.2) is 0 Å². The molecule has 3 rings (SSSR count). The smallest absolute Gasteiger partial charge is 0.102 e. The summed E-state index contributed by atoms with van der Waals surface area (Å²) in [4.78, 5) is 0. The Morgan fingerprint density at radius 3 is 1.36 bits per heavy atom. The first-order valence-electron chi connectivity index (χ1n) is 7.96. The molecule has 2 N–H and O–H groups in total. The molecule has 0 aliphatic carbocycles. The Labute approximate surface area is 147 Å². The van der Waals surface area contributed by atoms with Crippen LogP contribution in [0.25, 0.3) is 22.3 Å². The average molecular weight is 323 g/mol. The van der Waals surface area contributed by atoms with Crippen LogP contribution in [0.4, 0.5) is 5.69 Å². The van der Waals surface area contributed by atoms with Crippen molar-refractivity contribution in [2.75, 3.05) is 5.73 Å². The second kappa shape index (κ2) is 6.51. The number of anilines is 1. The predicted octanol–water partition coefficient (Wildman–Crippen LogP) is 4.96. The molecule has 0 heterocycles. The van der Waals surface area contributed by atoms with Crippen molar-refractivity contribution in [1.29, 1.82) is 10.5 Å². The monoisotopic (exact) mass is 323 g/mol. The van der Waals surface area contributed by atoms with Crippen molar-refractivity contribution in [2.45, 2.75) is 13.8 Å². The van der Waals surface area contributed by atoms with E-state index in [1.54, 1.807) is 0 Å². The van der Waals surface area contributed by atoms with Crippen LogP contribution < -0.4 is 5.73 Å². The Morgan fingerprint density at radius 1 is 0.680 bits per heavy atom. The summed E-state index contributed by atoms with van der Waals surface area (Å²) in [5.41, 5.74) is 12.7. The van der Waals surface area contributed by atoms with Crippen LogP contribution >= 0.6 is 0 Å². The Bertz CT molecular complexity index is 934. The van der Waals surface area contributed by atoms with E-state index in [-0.39, 0.29) is 5.69 Å².